The molecule has 0 amide bonds. The van der Waals surface area contributed by atoms with Gasteiger partial charge in [0.2, 0.25) is 5.78 Å². The standard InChI is InChI=1S/C22H17F2NO4S/c23-16-5-1-14(2-6-16)12-25(13-15-3-7-17(24)8-4-15)21-10-9-20(30-21)18(26)11-19(27)22(28)29/h1-10H,11-13H2,(H,28,29). The van der Waals surface area contributed by atoms with Crippen LogP contribution in [0.5, 0.6) is 0 Å². The molecule has 0 aliphatic heterocycles. The zero-order chi connectivity index (χ0) is 21.7. The fourth-order valence-corrected chi connectivity index (χ4v) is 3.73. The average molecular weight is 429 g/mol. The predicted octanol–water partition coefficient (Wildman–Crippen LogP) is 4.46. The van der Waals surface area contributed by atoms with Crippen LogP contribution in [-0.2, 0) is 22.7 Å². The number of hydrogen-bond acceptors (Lipinski definition) is 5. The second kappa shape index (κ2) is 9.41. The third-order valence-corrected chi connectivity index (χ3v) is 5.50. The molecule has 0 aliphatic carbocycles. The van der Waals surface area contributed by atoms with Crippen molar-refractivity contribution in [3.63, 3.8) is 0 Å². The van der Waals surface area contributed by atoms with Gasteiger partial charge in [-0.25, -0.2) is 13.6 Å². The van der Waals surface area contributed by atoms with E-state index in [-0.39, 0.29) is 16.5 Å². The van der Waals surface area contributed by atoms with E-state index in [9.17, 15) is 23.2 Å². The first-order valence-electron chi connectivity index (χ1n) is 8.95. The molecule has 0 saturated carbocycles. The Morgan fingerprint density at radius 1 is 0.800 bits per heavy atom. The third-order valence-electron chi connectivity index (χ3n) is 4.31. The molecule has 3 aromatic rings. The van der Waals surface area contributed by atoms with Gasteiger partial charge in [-0.3, -0.25) is 9.59 Å². The van der Waals surface area contributed by atoms with Crippen molar-refractivity contribution < 1.29 is 28.3 Å². The lowest BCUT2D eigenvalue weighted by atomic mass is 10.1. The molecule has 5 nitrogen and oxygen atoms in total. The van der Waals surface area contributed by atoms with E-state index in [0.29, 0.717) is 18.1 Å². The molecule has 1 heterocycles. The summed E-state index contributed by atoms with van der Waals surface area (Å²) in [6.45, 7) is 0.805. The van der Waals surface area contributed by atoms with Gasteiger partial charge in [0.05, 0.1) is 16.3 Å². The lowest BCUT2D eigenvalue weighted by Gasteiger charge is -2.23. The highest BCUT2D eigenvalue weighted by Crippen LogP contribution is 2.30. The molecule has 0 bridgehead atoms. The van der Waals surface area contributed by atoms with E-state index >= 15 is 0 Å². The molecule has 154 valence electrons. The van der Waals surface area contributed by atoms with E-state index in [2.05, 4.69) is 0 Å². The largest absolute Gasteiger partial charge is 0.475 e. The highest BCUT2D eigenvalue weighted by atomic mass is 32.1. The van der Waals surface area contributed by atoms with Crippen LogP contribution in [0.25, 0.3) is 0 Å². The second-order valence-electron chi connectivity index (χ2n) is 6.58. The minimum absolute atomic E-state index is 0.266. The molecule has 0 radical (unpaired) electrons. The highest BCUT2D eigenvalue weighted by molar-refractivity contribution is 7.18. The Morgan fingerprint density at radius 3 is 1.77 bits per heavy atom. The van der Waals surface area contributed by atoms with E-state index in [1.807, 2.05) is 4.90 Å². The van der Waals surface area contributed by atoms with Gasteiger partial charge in [0, 0.05) is 13.1 Å². The Hall–Kier alpha value is -3.39. The first-order valence-corrected chi connectivity index (χ1v) is 9.76. The topological polar surface area (TPSA) is 74.7 Å². The minimum Gasteiger partial charge on any atom is -0.475 e. The number of thiophene rings is 1. The lowest BCUT2D eigenvalue weighted by Crippen LogP contribution is -2.21. The fourth-order valence-electron chi connectivity index (χ4n) is 2.79. The molecular formula is C22H17F2NO4S. The van der Waals surface area contributed by atoms with Crippen molar-refractivity contribution in [3.05, 3.63) is 88.3 Å². The van der Waals surface area contributed by atoms with Crippen molar-refractivity contribution in [2.24, 2.45) is 0 Å². The monoisotopic (exact) mass is 429 g/mol. The van der Waals surface area contributed by atoms with Crippen LogP contribution in [0.3, 0.4) is 0 Å². The number of halogens is 2. The maximum atomic E-state index is 13.2. The Kier molecular flexibility index (Phi) is 6.68. The first kappa shape index (κ1) is 21.3. The molecule has 2 aromatic carbocycles. The zero-order valence-corrected chi connectivity index (χ0v) is 16.5. The van der Waals surface area contributed by atoms with Gasteiger partial charge in [-0.1, -0.05) is 24.3 Å². The summed E-state index contributed by atoms with van der Waals surface area (Å²) >= 11 is 1.13. The molecule has 1 N–H and O–H groups in total. The highest BCUT2D eigenvalue weighted by Gasteiger charge is 2.20. The van der Waals surface area contributed by atoms with Crippen LogP contribution in [0, 0.1) is 11.6 Å². The summed E-state index contributed by atoms with van der Waals surface area (Å²) in [5.74, 6) is -4.08. The lowest BCUT2D eigenvalue weighted by molar-refractivity contribution is -0.148. The second-order valence-corrected chi connectivity index (χ2v) is 7.64. The van der Waals surface area contributed by atoms with Gasteiger partial charge in [0.1, 0.15) is 11.6 Å². The molecule has 1 aromatic heterocycles. The van der Waals surface area contributed by atoms with Gasteiger partial charge >= 0.3 is 5.97 Å². The average Bonchev–Trinajstić information content (AvgIpc) is 3.21. The van der Waals surface area contributed by atoms with Crippen LogP contribution in [0.15, 0.2) is 60.7 Å². The number of carbonyl (C=O) groups excluding carboxylic acids is 2. The van der Waals surface area contributed by atoms with Crippen molar-refractivity contribution >= 4 is 33.9 Å². The number of nitrogens with zero attached hydrogens (tertiary/aromatic N) is 1. The number of rotatable bonds is 9. The van der Waals surface area contributed by atoms with Crippen LogP contribution in [0.1, 0.15) is 27.2 Å². The number of anilines is 1. The van der Waals surface area contributed by atoms with Gasteiger partial charge < -0.3 is 10.0 Å². The van der Waals surface area contributed by atoms with E-state index < -0.39 is 24.0 Å². The number of aliphatic carboxylic acids is 1. The summed E-state index contributed by atoms with van der Waals surface area (Å²) < 4.78 is 26.5. The van der Waals surface area contributed by atoms with Gasteiger partial charge in [-0.05, 0) is 47.5 Å². The fraction of sp³-hybridized carbons (Fsp3) is 0.136. The molecule has 0 spiro atoms. The molecule has 0 fully saturated rings. The molecule has 8 heteroatoms. The number of carboxylic acid groups (broad SMARTS) is 1. The quantitative estimate of drug-likeness (QED) is 0.309. The normalized spacial score (nSPS) is 10.6. The van der Waals surface area contributed by atoms with Crippen molar-refractivity contribution in [1.82, 2.24) is 0 Å². The SMILES string of the molecule is O=C(O)C(=O)CC(=O)c1ccc(N(Cc2ccc(F)cc2)Cc2ccc(F)cc2)s1. The van der Waals surface area contributed by atoms with E-state index in [1.165, 1.54) is 24.3 Å². The summed E-state index contributed by atoms with van der Waals surface area (Å²) in [5.41, 5.74) is 1.67. The number of hydrogen-bond donors (Lipinski definition) is 1. The van der Waals surface area contributed by atoms with Crippen LogP contribution >= 0.6 is 11.3 Å². The summed E-state index contributed by atoms with van der Waals surface area (Å²) in [6.07, 6.45) is -0.703. The van der Waals surface area contributed by atoms with Crippen LogP contribution < -0.4 is 4.90 Å². The molecule has 0 saturated heterocycles. The zero-order valence-electron chi connectivity index (χ0n) is 15.7. The van der Waals surface area contributed by atoms with Gasteiger partial charge in [0.15, 0.2) is 5.78 Å². The minimum atomic E-state index is -1.64. The van der Waals surface area contributed by atoms with E-state index in [1.54, 1.807) is 36.4 Å². The van der Waals surface area contributed by atoms with Crippen molar-refractivity contribution in [2.75, 3.05) is 4.90 Å². The predicted molar refractivity (Wildman–Crippen MR) is 109 cm³/mol. The number of carbonyl (C=O) groups is 3. The van der Waals surface area contributed by atoms with Crippen LogP contribution in [-0.4, -0.2) is 22.6 Å². The molecule has 30 heavy (non-hydrogen) atoms. The molecule has 0 aliphatic rings. The van der Waals surface area contributed by atoms with Crippen molar-refractivity contribution in [2.45, 2.75) is 19.5 Å². The molecule has 3 rings (SSSR count). The summed E-state index contributed by atoms with van der Waals surface area (Å²) in [7, 11) is 0. The molecule has 0 atom stereocenters. The van der Waals surface area contributed by atoms with Gasteiger partial charge in [0.25, 0.3) is 0 Å². The number of ketones is 2. The smallest absolute Gasteiger partial charge is 0.372 e. The van der Waals surface area contributed by atoms with E-state index in [4.69, 9.17) is 5.11 Å². The Balaban J connectivity index is 1.83. The van der Waals surface area contributed by atoms with Gasteiger partial charge in [-0.15, -0.1) is 11.3 Å². The van der Waals surface area contributed by atoms with Crippen LogP contribution in [0.2, 0.25) is 0 Å². The first-order chi connectivity index (χ1) is 14.3. The molecule has 0 unspecified atom stereocenters. The Labute approximate surface area is 175 Å². The summed E-state index contributed by atoms with van der Waals surface area (Å²) in [4.78, 5) is 36.4. The Bertz CT molecular complexity index is 1010. The maximum absolute atomic E-state index is 13.2. The number of benzene rings is 2. The molecular weight excluding hydrogens is 412 g/mol. The van der Waals surface area contributed by atoms with Crippen molar-refractivity contribution in [1.29, 1.82) is 0 Å². The van der Waals surface area contributed by atoms with Crippen molar-refractivity contribution in [3.8, 4) is 0 Å². The van der Waals surface area contributed by atoms with Gasteiger partial charge in [-0.2, -0.15) is 0 Å². The maximum Gasteiger partial charge on any atom is 0.372 e. The number of Topliss-reactive ketones (excluding diaryl/α,β-unsaturated/α-hetero) is 2. The third kappa shape index (κ3) is 5.57. The summed E-state index contributed by atoms with van der Waals surface area (Å²) in [6, 6.07) is 15.3. The van der Waals surface area contributed by atoms with E-state index in [0.717, 1.165) is 22.5 Å². The number of carboxylic acids is 1. The summed E-state index contributed by atoms with van der Waals surface area (Å²) in [5, 5.41) is 9.38. The van der Waals surface area contributed by atoms with Crippen LogP contribution in [0.4, 0.5) is 13.8 Å². The Morgan fingerprint density at radius 2 is 1.30 bits per heavy atom.